The van der Waals surface area contributed by atoms with Gasteiger partial charge in [-0.15, -0.1) is 0 Å². The van der Waals surface area contributed by atoms with Gasteiger partial charge in [0.1, 0.15) is 28.4 Å². The van der Waals surface area contributed by atoms with Gasteiger partial charge in [0.25, 0.3) is 0 Å². The van der Waals surface area contributed by atoms with Crippen molar-refractivity contribution in [3.05, 3.63) is 155 Å². The van der Waals surface area contributed by atoms with E-state index in [1.807, 2.05) is 36.7 Å². The van der Waals surface area contributed by atoms with Crippen LogP contribution in [0.5, 0.6) is 0 Å². The SMILES string of the molecule is C.CC(C)n1ncc2c(F)cc(Br)cc21.Clc1ccnc(Cl)n1.Cn1ncc2c(F)cc(-c3ccnc(Cl)n3)cc21.Fc1cc(Br)cc2c1C=NC2.NN.Nc1cc(Br)cc(F)c1C=O.O.[2H]CF. The first-order valence-corrected chi connectivity index (χ1v) is 21.8. The maximum absolute atomic E-state index is 13.9. The summed E-state index contributed by atoms with van der Waals surface area (Å²) in [7, 11) is 0.762. The van der Waals surface area contributed by atoms with Gasteiger partial charge in [-0.05, 0) is 103 Å². The van der Waals surface area contributed by atoms with Crippen molar-refractivity contribution in [1.82, 2.24) is 39.5 Å². The molecule has 0 spiro atoms. The number of nitrogens with two attached hydrogens (primary N) is 3. The van der Waals surface area contributed by atoms with Gasteiger partial charge in [0, 0.05) is 61.9 Å². The molecule has 14 nitrogen and oxygen atoms in total. The first-order valence-electron chi connectivity index (χ1n) is 19.0. The number of rotatable bonds is 3. The van der Waals surface area contributed by atoms with E-state index in [9.17, 15) is 26.7 Å². The first-order chi connectivity index (χ1) is 31.9. The lowest BCUT2D eigenvalue weighted by atomic mass is 10.1. The van der Waals surface area contributed by atoms with Crippen molar-refractivity contribution in [3.8, 4) is 11.3 Å². The van der Waals surface area contributed by atoms with Crippen LogP contribution in [0.3, 0.4) is 0 Å². The van der Waals surface area contributed by atoms with Crippen LogP contribution in [-0.2, 0) is 13.6 Å². The second kappa shape index (κ2) is 29.8. The Morgan fingerprint density at radius 1 is 0.779 bits per heavy atom. The fourth-order valence-corrected chi connectivity index (χ4v) is 7.34. The number of anilines is 1. The molecule has 0 atom stereocenters. The summed E-state index contributed by atoms with van der Waals surface area (Å²) >= 11 is 26.0. The van der Waals surface area contributed by atoms with Crippen molar-refractivity contribution in [2.45, 2.75) is 33.9 Å². The molecular formula is C43H43Br3Cl3F5N12O2. The number of halogens is 11. The molecule has 0 saturated carbocycles. The number of benzene rings is 4. The molecule has 5 heterocycles. The number of carbonyl (C=O) groups is 1. The van der Waals surface area contributed by atoms with E-state index >= 15 is 0 Å². The van der Waals surface area contributed by atoms with Gasteiger partial charge in [-0.2, -0.15) is 10.2 Å². The summed E-state index contributed by atoms with van der Waals surface area (Å²) in [5.41, 5.74) is 9.74. The highest BCUT2D eigenvalue weighted by atomic mass is 79.9. The van der Waals surface area contributed by atoms with Crippen LogP contribution in [-0.4, -0.2) is 64.6 Å². The Labute approximate surface area is 429 Å². The molecule has 0 radical (unpaired) electrons. The van der Waals surface area contributed by atoms with Gasteiger partial charge < -0.3 is 11.2 Å². The fourth-order valence-electron chi connectivity index (χ4n) is 5.52. The number of fused-ring (bicyclic) bond motifs is 3. The first kappa shape index (κ1) is 59.1. The van der Waals surface area contributed by atoms with Crippen LogP contribution >= 0.6 is 82.6 Å². The Morgan fingerprint density at radius 2 is 1.32 bits per heavy atom. The molecule has 4 aromatic heterocycles. The Morgan fingerprint density at radius 3 is 1.90 bits per heavy atom. The minimum absolute atomic E-state index is 0. The minimum atomic E-state index is -1.00. The second-order valence-corrected chi connectivity index (χ2v) is 16.8. The molecule has 0 fully saturated rings. The van der Waals surface area contributed by atoms with Gasteiger partial charge >= 0.3 is 0 Å². The molecule has 8 aromatic rings. The zero-order chi connectivity index (χ0) is 50.0. The molecule has 0 unspecified atom stereocenters. The van der Waals surface area contributed by atoms with Crippen LogP contribution in [0.25, 0.3) is 33.1 Å². The predicted octanol–water partition coefficient (Wildman–Crippen LogP) is 11.8. The third kappa shape index (κ3) is 17.2. The van der Waals surface area contributed by atoms with E-state index < -0.39 is 13.0 Å². The summed E-state index contributed by atoms with van der Waals surface area (Å²) in [6.07, 6.45) is 8.08. The van der Waals surface area contributed by atoms with Crippen molar-refractivity contribution < 1.29 is 33.6 Å². The van der Waals surface area contributed by atoms with Crippen LogP contribution in [0.4, 0.5) is 27.6 Å². The molecule has 0 bridgehead atoms. The highest BCUT2D eigenvalue weighted by molar-refractivity contribution is 9.11. The molecule has 8 N–H and O–H groups in total. The average molecular weight is 1200 g/mol. The second-order valence-electron chi connectivity index (χ2n) is 13.0. The maximum Gasteiger partial charge on any atom is 0.223 e. The topological polar surface area (TPSA) is 226 Å². The Balaban J connectivity index is 0.000000427. The van der Waals surface area contributed by atoms with Crippen molar-refractivity contribution in [3.63, 3.8) is 0 Å². The highest BCUT2D eigenvalue weighted by Crippen LogP contribution is 2.27. The van der Waals surface area contributed by atoms with Crippen LogP contribution < -0.4 is 17.4 Å². The summed E-state index contributed by atoms with van der Waals surface area (Å²) in [5.74, 6) is 6.63. The van der Waals surface area contributed by atoms with Crippen molar-refractivity contribution in [2.24, 2.45) is 23.7 Å². The number of nitrogens with zero attached hydrogens (tertiary/aromatic N) is 9. The fraction of sp³-hybridized carbons (Fsp3) is 0.163. The van der Waals surface area contributed by atoms with E-state index in [2.05, 4.69) is 94.6 Å². The molecular weight excluding hydrogens is 1160 g/mol. The Hall–Kier alpha value is -5.04. The molecule has 25 heteroatoms. The van der Waals surface area contributed by atoms with E-state index in [0.717, 1.165) is 20.0 Å². The van der Waals surface area contributed by atoms with E-state index in [4.69, 9.17) is 41.9 Å². The van der Waals surface area contributed by atoms with Gasteiger partial charge in [-0.3, -0.25) is 35.2 Å². The van der Waals surface area contributed by atoms with E-state index in [-0.39, 0.29) is 58.2 Å². The zero-order valence-corrected chi connectivity index (χ0v) is 42.1. The number of aldehydes is 1. The number of carbonyl (C=O) groups excluding carboxylic acids is 1. The largest absolute Gasteiger partial charge is 0.412 e. The smallest absolute Gasteiger partial charge is 0.223 e. The molecule has 1 aliphatic heterocycles. The van der Waals surface area contributed by atoms with E-state index in [1.54, 1.807) is 36.3 Å². The highest BCUT2D eigenvalue weighted by Gasteiger charge is 2.13. The lowest BCUT2D eigenvalue weighted by Crippen LogP contribution is -2.02. The molecule has 68 heavy (non-hydrogen) atoms. The van der Waals surface area contributed by atoms with Crippen molar-refractivity contribution >= 4 is 123 Å². The van der Waals surface area contributed by atoms with Gasteiger partial charge in [0.15, 0.2) is 6.29 Å². The predicted molar refractivity (Wildman–Crippen MR) is 272 cm³/mol. The lowest BCUT2D eigenvalue weighted by Gasteiger charge is -2.07. The third-order valence-corrected chi connectivity index (χ3v) is 10.3. The van der Waals surface area contributed by atoms with Crippen molar-refractivity contribution in [1.29, 1.82) is 0 Å². The van der Waals surface area contributed by atoms with Crippen LogP contribution in [0.15, 0.2) is 104 Å². The minimum Gasteiger partial charge on any atom is -0.412 e. The molecule has 9 rings (SSSR count). The quantitative estimate of drug-likeness (QED) is 0.0288. The number of hydrazine groups is 1. The monoisotopic (exact) mass is 1200 g/mol. The van der Waals surface area contributed by atoms with Crippen molar-refractivity contribution in [2.75, 3.05) is 12.9 Å². The average Bonchev–Trinajstić information content (AvgIpc) is 4.02. The molecule has 0 aliphatic carbocycles. The number of aryl methyl sites for hydroxylation is 1. The number of nitrogen functional groups attached to an aromatic ring is 1. The normalized spacial score (nSPS) is 10.5. The van der Waals surface area contributed by atoms with E-state index in [1.165, 1.54) is 48.9 Å². The zero-order valence-electron chi connectivity index (χ0n) is 36.1. The summed E-state index contributed by atoms with van der Waals surface area (Å²) < 4.78 is 74.1. The molecule has 364 valence electrons. The van der Waals surface area contributed by atoms with E-state index in [0.29, 0.717) is 55.6 Å². The molecule has 0 amide bonds. The Bertz CT molecular complexity index is 2900. The number of aliphatic imine (C=N–C) groups is 1. The van der Waals surface area contributed by atoms with Gasteiger partial charge in [-0.25, -0.2) is 37.5 Å². The van der Waals surface area contributed by atoms with Gasteiger partial charge in [0.05, 0.1) is 60.5 Å². The Kier molecular flexibility index (Phi) is 25.9. The number of aromatic nitrogens is 8. The number of hydrogen-bond acceptors (Lipinski definition) is 11. The molecule has 0 saturated heterocycles. The van der Waals surface area contributed by atoms with Crippen LogP contribution in [0.1, 0.15) is 50.2 Å². The van der Waals surface area contributed by atoms with Crippen LogP contribution in [0, 0.1) is 23.3 Å². The summed E-state index contributed by atoms with van der Waals surface area (Å²) in [4.78, 5) is 29.3. The maximum atomic E-state index is 13.9. The summed E-state index contributed by atoms with van der Waals surface area (Å²) in [6.45, 7) is 4.64. The standard InChI is InChI=1S/C12H8ClFN4.C10H10BrFN2.C8H5BrFN.C7H5BrFNO.C4H2Cl2N2.CH3F.CH4.H4N2.H2O/c1-18-11-5-7(4-9(14)8(11)6-16-18)10-2-3-15-12(13)17-10;1-6(2)14-10-4-7(11)3-9(12)8(10)5-13-14;9-6-1-5-3-11-4-7(5)8(10)2-6;8-4-1-6(9)5(3-11)7(10)2-4;5-3-1-2-7-4(6)8-3;1-2;;1-2;/h2-6H,1H3;3-6H,1-2H3;1-2,4H,3H2;1-3H,10H2;1-2H;1H3;1H4;1-2H2;1H2/i;;;;;1D;;;. The summed E-state index contributed by atoms with van der Waals surface area (Å²) in [5, 5.41) is 9.92. The third-order valence-electron chi connectivity index (χ3n) is 8.36. The summed E-state index contributed by atoms with van der Waals surface area (Å²) in [6, 6.07) is 16.1. The molecule has 4 aromatic carbocycles. The van der Waals surface area contributed by atoms with Gasteiger partial charge in [-0.1, -0.05) is 66.8 Å². The lowest BCUT2D eigenvalue weighted by molar-refractivity contribution is 0.112. The molecule has 1 aliphatic rings. The number of hydrogen-bond donors (Lipinski definition) is 3. The number of alkyl halides is 1. The van der Waals surface area contributed by atoms with Crippen LogP contribution in [0.2, 0.25) is 15.7 Å². The van der Waals surface area contributed by atoms with Gasteiger partial charge in [0.2, 0.25) is 10.6 Å².